The first-order valence-electron chi connectivity index (χ1n) is 60.8. The smallest absolute Gasteiger partial charge is 0.550 e. The van der Waals surface area contributed by atoms with E-state index in [2.05, 4.69) is 48.5 Å². The van der Waals surface area contributed by atoms with Gasteiger partial charge in [-0.25, -0.2) is 0 Å². The topological polar surface area (TPSA) is 281 Å². The molecule has 0 aromatic heterocycles. The Morgan fingerprint density at radius 3 is 0.182 bits per heavy atom. The third-order valence-corrected chi connectivity index (χ3v) is 26.9. The van der Waals surface area contributed by atoms with E-state index in [4.69, 9.17) is 0 Å². The van der Waals surface area contributed by atoms with Crippen molar-refractivity contribution in [2.45, 2.75) is 742 Å². The van der Waals surface area contributed by atoms with Gasteiger partial charge >= 0.3 is 251 Å². The molecular weight excluding hydrogens is 1880 g/mol. The van der Waals surface area contributed by atoms with E-state index in [1.54, 1.807) is 0 Å². The fourth-order valence-corrected chi connectivity index (χ4v) is 17.8. The number of hydrogen-bond acceptors (Lipinski definition) is 14. The third kappa shape index (κ3) is 214. The summed E-state index contributed by atoms with van der Waals surface area (Å²) in [6.07, 6.45) is 133. The number of carboxylic acid groups (broad SMARTS) is 7. The third-order valence-electron chi connectivity index (χ3n) is 26.9. The van der Waals surface area contributed by atoms with E-state index in [1.165, 1.54) is 559 Å². The molecule has 0 saturated carbocycles. The molecule has 0 atom stereocenters. The number of rotatable bonds is 108. The van der Waals surface area contributed by atoms with Gasteiger partial charge < -0.3 is 69.3 Å². The summed E-state index contributed by atoms with van der Waals surface area (Å²) in [5.74, 6) is -6.33. The molecule has 143 heavy (non-hydrogen) atoms. The predicted octanol–water partition coefficient (Wildman–Crippen LogP) is 12.5. The van der Waals surface area contributed by atoms with Crippen LogP contribution >= 0.6 is 0 Å². The molecule has 0 aliphatic carbocycles. The second-order valence-electron chi connectivity index (χ2n) is 41.1. The van der Waals surface area contributed by atoms with E-state index < -0.39 is 41.8 Å². The van der Waals surface area contributed by atoms with Gasteiger partial charge in [0.25, 0.3) is 0 Å². The Morgan fingerprint density at radius 2 is 0.140 bits per heavy atom. The molecule has 0 aliphatic rings. The van der Waals surface area contributed by atoms with E-state index in [-0.39, 0.29) is 296 Å². The first-order chi connectivity index (χ1) is 66.4. The van der Waals surface area contributed by atoms with Gasteiger partial charge in [-0.05, 0) is 89.9 Å². The van der Waals surface area contributed by atoms with Crippen LogP contribution in [-0.4, -0.2) is 41.8 Å². The van der Waals surface area contributed by atoms with Crippen LogP contribution in [-0.2, 0) is 33.6 Å². The molecular formula is C122H237K2Na5O14. The molecule has 0 aromatic rings. The van der Waals surface area contributed by atoms with Crippen molar-refractivity contribution < 1.29 is 320 Å². The van der Waals surface area contributed by atoms with Crippen molar-refractivity contribution in [1.82, 2.24) is 0 Å². The monoisotopic (exact) mass is 2120 g/mol. The van der Waals surface area contributed by atoms with Gasteiger partial charge in [0.15, 0.2) is 0 Å². The molecule has 0 amide bonds. The number of carbonyl (C=O) groups is 7. The van der Waals surface area contributed by atoms with Crippen molar-refractivity contribution in [2.24, 2.45) is 0 Å². The number of unbranched alkanes of at least 4 members (excludes halogenated alkanes) is 94. The molecule has 0 N–H and O–H groups in total. The zero-order chi connectivity index (χ0) is 101. The molecule has 0 unspecified atom stereocenters. The first kappa shape index (κ1) is 178. The molecule has 0 spiro atoms. The van der Waals surface area contributed by atoms with Gasteiger partial charge in [0.2, 0.25) is 0 Å². The van der Waals surface area contributed by atoms with E-state index >= 15 is 0 Å². The average molecular weight is 2120 g/mol. The molecule has 0 fully saturated rings. The summed E-state index contributed by atoms with van der Waals surface area (Å²) in [4.78, 5) is 71.4. The number of carboxylic acids is 7. The van der Waals surface area contributed by atoms with Crippen molar-refractivity contribution in [3.05, 3.63) is 0 Å². The van der Waals surface area contributed by atoms with E-state index in [9.17, 15) is 69.3 Å². The largest absolute Gasteiger partial charge is 1.00 e. The van der Waals surface area contributed by atoms with Crippen LogP contribution < -0.4 is 286 Å². The molecule has 0 rings (SSSR count). The summed E-state index contributed by atoms with van der Waals surface area (Å²) in [5, 5.41) is 71.4. The maximum Gasteiger partial charge on any atom is 1.00 e. The van der Waals surface area contributed by atoms with Crippen LogP contribution in [0.25, 0.3) is 0 Å². The standard InChI is InChI=1S/C22H44O2.C20H40O2.2C18H36O2.2C16H32O2.C12H24O2.2K.5Na/c1-2-3-4-5-6-7-8-9-10-11-12-13-14-15-16-17-18-19-20-21-22(23)24;1-2-3-4-5-6-7-8-9-10-11-12-13-14-15-16-17-18-19-20(21)22;2*1-2-3-4-5-6-7-8-9-10-11-12-13-14-15-16-17-18(19)20;2*1-2-3-4-5-6-7-8-9-10-11-12-13-14-15-16(17)18;1-2-3-4-5-6-7-8-9-10-11-12(13)14;;;;;;;/h2-21H2,1H3,(H,23,24);2-19H2,1H3,(H,21,22);2*2-17H2,1H3,(H,19,20);2*2-15H2,1H3,(H,17,18);2-11H2,1H3,(H,13,14);;;;;;;/q;;;;;;;7*+1/p-7. The predicted molar refractivity (Wildman–Crippen MR) is 573 cm³/mol. The van der Waals surface area contributed by atoms with Crippen LogP contribution in [0.5, 0.6) is 0 Å². The van der Waals surface area contributed by atoms with Crippen molar-refractivity contribution in [1.29, 1.82) is 0 Å². The number of hydrogen-bond donors (Lipinski definition) is 0. The van der Waals surface area contributed by atoms with Crippen LogP contribution in [0.1, 0.15) is 742 Å². The van der Waals surface area contributed by atoms with Crippen LogP contribution in [0.3, 0.4) is 0 Å². The maximum absolute atomic E-state index is 10.3. The summed E-state index contributed by atoms with van der Waals surface area (Å²) in [5.41, 5.74) is 0. The first-order valence-corrected chi connectivity index (χ1v) is 60.8. The molecule has 0 aliphatic heterocycles. The molecule has 0 saturated heterocycles. The zero-order valence-electron chi connectivity index (χ0n) is 99.6. The van der Waals surface area contributed by atoms with Crippen LogP contribution in [0.15, 0.2) is 0 Å². The normalized spacial score (nSPS) is 10.3. The van der Waals surface area contributed by atoms with Gasteiger partial charge in [0.1, 0.15) is 0 Å². The average Bonchev–Trinajstić information content (AvgIpc) is 1.11. The second kappa shape index (κ2) is 174. The SMILES string of the molecule is CCCCCCCCCCCC(=O)[O-].CCCCCCCCCCCCCCCC(=O)[O-].CCCCCCCCCCCCCCCC(=O)[O-].CCCCCCCCCCCCCCCCCC(=O)[O-].CCCCCCCCCCCCCCCCCC(=O)[O-].CCCCCCCCCCCCCCCCCCCC(=O)[O-].CCCCCCCCCCCCCCCCCCCCCC(=O)[O-].[K+].[K+].[Na+].[Na+].[Na+].[Na+].[Na+]. The number of carbonyl (C=O) groups excluding carboxylic acids is 7. The fraction of sp³-hybridized carbons (Fsp3) is 0.943. The minimum atomic E-state index is -0.909. The molecule has 0 heterocycles. The fourth-order valence-electron chi connectivity index (χ4n) is 17.8. The Hall–Kier alpha value is 4.56. The zero-order valence-corrected chi connectivity index (χ0v) is 116. The van der Waals surface area contributed by atoms with Crippen LogP contribution in [0, 0.1) is 0 Å². The van der Waals surface area contributed by atoms with Gasteiger partial charge in [-0.3, -0.25) is 0 Å². The van der Waals surface area contributed by atoms with E-state index in [1.807, 2.05) is 0 Å². The van der Waals surface area contributed by atoms with Gasteiger partial charge in [-0.15, -0.1) is 0 Å². The van der Waals surface area contributed by atoms with E-state index in [0.717, 1.165) is 89.9 Å². The summed E-state index contributed by atoms with van der Waals surface area (Å²) in [7, 11) is 0. The Balaban J connectivity index is -0.000000113. The Labute approximate surface area is 1090 Å². The van der Waals surface area contributed by atoms with Gasteiger partial charge in [-0.1, -0.05) is 652 Å². The Kier molecular flexibility index (Phi) is 216. The van der Waals surface area contributed by atoms with Crippen LogP contribution in [0.4, 0.5) is 0 Å². The molecule has 0 aromatic carbocycles. The van der Waals surface area contributed by atoms with Crippen molar-refractivity contribution in [2.75, 3.05) is 0 Å². The Morgan fingerprint density at radius 1 is 0.0979 bits per heavy atom. The van der Waals surface area contributed by atoms with Crippen molar-refractivity contribution in [3.63, 3.8) is 0 Å². The number of aliphatic carboxylic acids is 7. The quantitative estimate of drug-likeness (QED) is 0.0404. The van der Waals surface area contributed by atoms with Crippen LogP contribution in [0.2, 0.25) is 0 Å². The molecule has 0 bridgehead atoms. The molecule has 816 valence electrons. The Bertz CT molecular complexity index is 2170. The van der Waals surface area contributed by atoms with Crippen molar-refractivity contribution >= 4 is 41.8 Å². The van der Waals surface area contributed by atoms with Crippen molar-refractivity contribution in [3.8, 4) is 0 Å². The summed E-state index contributed by atoms with van der Waals surface area (Å²) in [6, 6.07) is 0. The maximum atomic E-state index is 10.3. The van der Waals surface area contributed by atoms with Gasteiger partial charge in [0, 0.05) is 41.8 Å². The molecule has 21 heteroatoms. The molecule has 14 nitrogen and oxygen atoms in total. The molecule has 0 radical (unpaired) electrons. The van der Waals surface area contributed by atoms with E-state index in [0.29, 0.717) is 0 Å². The second-order valence-corrected chi connectivity index (χ2v) is 41.1. The minimum absolute atomic E-state index is 0. The minimum Gasteiger partial charge on any atom is -0.550 e. The van der Waals surface area contributed by atoms with Gasteiger partial charge in [0.05, 0.1) is 0 Å². The summed E-state index contributed by atoms with van der Waals surface area (Å²) < 4.78 is 0. The summed E-state index contributed by atoms with van der Waals surface area (Å²) >= 11 is 0. The van der Waals surface area contributed by atoms with Gasteiger partial charge in [-0.2, -0.15) is 0 Å². The summed E-state index contributed by atoms with van der Waals surface area (Å²) in [6.45, 7) is 15.8.